The van der Waals surface area contributed by atoms with E-state index in [1.54, 1.807) is 36.0 Å². The molecule has 0 fully saturated rings. The number of nitrogens with zero attached hydrogens (tertiary/aromatic N) is 2. The van der Waals surface area contributed by atoms with Gasteiger partial charge in [-0.15, -0.1) is 0 Å². The molecule has 0 radical (unpaired) electrons. The number of ether oxygens (including phenoxy) is 1. The van der Waals surface area contributed by atoms with Crippen molar-refractivity contribution in [1.82, 2.24) is 4.57 Å². The predicted octanol–water partition coefficient (Wildman–Crippen LogP) is 4.86. The zero-order chi connectivity index (χ0) is 18.5. The second-order valence-corrected chi connectivity index (χ2v) is 7.95. The number of benzene rings is 2. The minimum Gasteiger partial charge on any atom is -0.494 e. The smallest absolute Gasteiger partial charge is 0.279 e. The summed E-state index contributed by atoms with van der Waals surface area (Å²) in [5.41, 5.74) is 1.55. The summed E-state index contributed by atoms with van der Waals surface area (Å²) in [5.74, 6) is 1.48. The Morgan fingerprint density at radius 2 is 2.15 bits per heavy atom. The lowest BCUT2D eigenvalue weighted by atomic mass is 10.2. The molecule has 0 bridgehead atoms. The van der Waals surface area contributed by atoms with Gasteiger partial charge in [-0.2, -0.15) is 16.8 Å². The van der Waals surface area contributed by atoms with Crippen LogP contribution in [0.2, 0.25) is 5.02 Å². The summed E-state index contributed by atoms with van der Waals surface area (Å²) in [7, 11) is 0. The summed E-state index contributed by atoms with van der Waals surface area (Å²) in [6.07, 6.45) is 2.07. The summed E-state index contributed by atoms with van der Waals surface area (Å²) >= 11 is 9.25. The molecular formula is C19H19ClN2O2S2. The van der Waals surface area contributed by atoms with E-state index < -0.39 is 0 Å². The standard InChI is InChI=1S/C19H19ClN2O2S2/c1-3-24-15-7-8-16-17(12-15)26-19(22(16)9-10-25-2)21-18(23)13-5-4-6-14(20)11-13/h4-8,11-12H,3,9-10H2,1-2H3. The lowest BCUT2D eigenvalue weighted by molar-refractivity contribution is 0.0998. The number of thioether (sulfide) groups is 1. The zero-order valence-electron chi connectivity index (χ0n) is 14.6. The molecular weight excluding hydrogens is 388 g/mol. The van der Waals surface area contributed by atoms with E-state index >= 15 is 0 Å². The van der Waals surface area contributed by atoms with Crippen molar-refractivity contribution in [2.24, 2.45) is 4.99 Å². The van der Waals surface area contributed by atoms with Crippen LogP contribution in [0, 0.1) is 0 Å². The molecule has 0 saturated heterocycles. The first-order chi connectivity index (χ1) is 12.6. The Balaban J connectivity index is 2.08. The van der Waals surface area contributed by atoms with Crippen LogP contribution >= 0.6 is 34.7 Å². The monoisotopic (exact) mass is 406 g/mol. The van der Waals surface area contributed by atoms with Crippen LogP contribution in [0.5, 0.6) is 5.75 Å². The van der Waals surface area contributed by atoms with Crippen LogP contribution in [0.1, 0.15) is 17.3 Å². The number of hydrogen-bond donors (Lipinski definition) is 0. The summed E-state index contributed by atoms with van der Waals surface area (Å²) in [5, 5.41) is 0.527. The van der Waals surface area contributed by atoms with Crippen LogP contribution in [0.3, 0.4) is 0 Å². The normalized spacial score (nSPS) is 11.9. The molecule has 3 aromatic rings. The molecule has 1 amide bonds. The van der Waals surface area contributed by atoms with Crippen LogP contribution in [0.15, 0.2) is 47.5 Å². The topological polar surface area (TPSA) is 43.6 Å². The van der Waals surface area contributed by atoms with E-state index in [-0.39, 0.29) is 5.91 Å². The van der Waals surface area contributed by atoms with Crippen LogP contribution in [-0.4, -0.2) is 29.1 Å². The van der Waals surface area contributed by atoms with Crippen molar-refractivity contribution in [3.63, 3.8) is 0 Å². The maximum absolute atomic E-state index is 12.6. The van der Waals surface area contributed by atoms with Crippen molar-refractivity contribution < 1.29 is 9.53 Å². The first-order valence-electron chi connectivity index (χ1n) is 8.22. The molecule has 0 aliphatic heterocycles. The summed E-state index contributed by atoms with van der Waals surface area (Å²) in [6, 6.07) is 12.8. The number of fused-ring (bicyclic) bond motifs is 1. The number of amides is 1. The van der Waals surface area contributed by atoms with Gasteiger partial charge in [0.15, 0.2) is 4.80 Å². The van der Waals surface area contributed by atoms with Gasteiger partial charge in [-0.25, -0.2) is 0 Å². The van der Waals surface area contributed by atoms with Crippen molar-refractivity contribution >= 4 is 50.8 Å². The van der Waals surface area contributed by atoms with Gasteiger partial charge < -0.3 is 9.30 Å². The number of halogens is 1. The number of carbonyl (C=O) groups is 1. The molecule has 0 aliphatic rings. The van der Waals surface area contributed by atoms with E-state index in [9.17, 15) is 4.79 Å². The molecule has 3 rings (SSSR count). The second kappa shape index (κ2) is 8.75. The lowest BCUT2D eigenvalue weighted by Gasteiger charge is -2.05. The molecule has 0 unspecified atom stereocenters. The van der Waals surface area contributed by atoms with Gasteiger partial charge in [0, 0.05) is 22.9 Å². The Morgan fingerprint density at radius 1 is 1.31 bits per heavy atom. The Morgan fingerprint density at radius 3 is 2.88 bits per heavy atom. The summed E-state index contributed by atoms with van der Waals surface area (Å²) < 4.78 is 8.73. The van der Waals surface area contributed by atoms with Crippen molar-refractivity contribution in [1.29, 1.82) is 0 Å². The number of carbonyl (C=O) groups excluding carboxylic acids is 1. The highest BCUT2D eigenvalue weighted by Gasteiger charge is 2.10. The zero-order valence-corrected chi connectivity index (χ0v) is 17.0. The third-order valence-electron chi connectivity index (χ3n) is 3.75. The highest BCUT2D eigenvalue weighted by Crippen LogP contribution is 2.24. The number of hydrogen-bond acceptors (Lipinski definition) is 4. The van der Waals surface area contributed by atoms with Crippen molar-refractivity contribution in [2.75, 3.05) is 18.6 Å². The van der Waals surface area contributed by atoms with Crippen LogP contribution in [-0.2, 0) is 6.54 Å². The fourth-order valence-corrected chi connectivity index (χ4v) is 4.21. The highest BCUT2D eigenvalue weighted by molar-refractivity contribution is 7.98. The van der Waals surface area contributed by atoms with E-state index in [1.807, 2.05) is 25.1 Å². The van der Waals surface area contributed by atoms with Gasteiger partial charge in [-0.05, 0) is 49.6 Å². The number of aromatic nitrogens is 1. The van der Waals surface area contributed by atoms with Crippen molar-refractivity contribution in [3.8, 4) is 5.75 Å². The average Bonchev–Trinajstić information content (AvgIpc) is 2.96. The Labute approximate surface area is 165 Å². The molecule has 7 heteroatoms. The van der Waals surface area contributed by atoms with E-state index in [1.165, 1.54) is 11.3 Å². The fraction of sp³-hybridized carbons (Fsp3) is 0.263. The molecule has 0 atom stereocenters. The average molecular weight is 407 g/mol. The predicted molar refractivity (Wildman–Crippen MR) is 111 cm³/mol. The third kappa shape index (κ3) is 4.31. The third-order valence-corrected chi connectivity index (χ3v) is 5.62. The molecule has 1 heterocycles. The van der Waals surface area contributed by atoms with Gasteiger partial charge in [-0.3, -0.25) is 4.79 Å². The minimum absolute atomic E-state index is 0.290. The fourth-order valence-electron chi connectivity index (χ4n) is 2.57. The molecule has 0 saturated carbocycles. The second-order valence-electron chi connectivity index (χ2n) is 5.52. The molecule has 136 valence electrons. The number of aryl methyl sites for hydroxylation is 1. The first-order valence-corrected chi connectivity index (χ1v) is 10.8. The lowest BCUT2D eigenvalue weighted by Crippen LogP contribution is -2.18. The molecule has 2 aromatic carbocycles. The Hall–Kier alpha value is -1.76. The molecule has 26 heavy (non-hydrogen) atoms. The van der Waals surface area contributed by atoms with Crippen LogP contribution in [0.25, 0.3) is 10.2 Å². The highest BCUT2D eigenvalue weighted by atomic mass is 35.5. The minimum atomic E-state index is -0.290. The maximum Gasteiger partial charge on any atom is 0.279 e. The molecule has 0 aliphatic carbocycles. The van der Waals surface area contributed by atoms with Crippen LogP contribution in [0.4, 0.5) is 0 Å². The van der Waals surface area contributed by atoms with Gasteiger partial charge in [-0.1, -0.05) is 29.0 Å². The molecule has 1 aromatic heterocycles. The van der Waals surface area contributed by atoms with Gasteiger partial charge in [0.2, 0.25) is 0 Å². The quantitative estimate of drug-likeness (QED) is 0.587. The first kappa shape index (κ1) is 19.0. The van der Waals surface area contributed by atoms with Gasteiger partial charge in [0.25, 0.3) is 5.91 Å². The summed E-state index contributed by atoms with van der Waals surface area (Å²) in [6.45, 7) is 3.37. The molecule has 0 spiro atoms. The summed E-state index contributed by atoms with van der Waals surface area (Å²) in [4.78, 5) is 17.6. The van der Waals surface area contributed by atoms with Gasteiger partial charge in [0.1, 0.15) is 5.75 Å². The van der Waals surface area contributed by atoms with E-state index in [2.05, 4.69) is 15.8 Å². The number of thiazole rings is 1. The van der Waals surface area contributed by atoms with Crippen molar-refractivity contribution in [2.45, 2.75) is 13.5 Å². The van der Waals surface area contributed by atoms with E-state index in [0.29, 0.717) is 22.0 Å². The van der Waals surface area contributed by atoms with Gasteiger partial charge in [0.05, 0.1) is 16.8 Å². The maximum atomic E-state index is 12.6. The Kier molecular flexibility index (Phi) is 6.40. The van der Waals surface area contributed by atoms with E-state index in [0.717, 1.165) is 28.3 Å². The van der Waals surface area contributed by atoms with E-state index in [4.69, 9.17) is 16.3 Å². The van der Waals surface area contributed by atoms with Gasteiger partial charge >= 0.3 is 0 Å². The van der Waals surface area contributed by atoms with Crippen LogP contribution < -0.4 is 9.54 Å². The Bertz CT molecular complexity index is 995. The molecule has 0 N–H and O–H groups in total. The largest absolute Gasteiger partial charge is 0.494 e. The van der Waals surface area contributed by atoms with Crippen molar-refractivity contribution in [3.05, 3.63) is 57.9 Å². The SMILES string of the molecule is CCOc1ccc2c(c1)sc(=NC(=O)c1cccc(Cl)c1)n2CCSC. The molecule has 4 nitrogen and oxygen atoms in total. The number of rotatable bonds is 6.